The summed E-state index contributed by atoms with van der Waals surface area (Å²) in [6.07, 6.45) is 5.68. The van der Waals surface area contributed by atoms with Crippen LogP contribution in [0.5, 0.6) is 5.75 Å². The molecular formula is C24H32ClN7O3. The number of nitrogens with one attached hydrogen (secondary N) is 1. The molecule has 2 atom stereocenters. The number of aromatic nitrogens is 2. The van der Waals surface area contributed by atoms with Crippen molar-refractivity contribution < 1.29 is 14.3 Å². The number of ether oxygens (including phenoxy) is 2. The van der Waals surface area contributed by atoms with Crippen LogP contribution in [0.2, 0.25) is 5.02 Å². The molecule has 2 aromatic rings. The van der Waals surface area contributed by atoms with Crippen LogP contribution in [0.25, 0.3) is 0 Å². The minimum atomic E-state index is -0.270. The molecule has 35 heavy (non-hydrogen) atoms. The Labute approximate surface area is 211 Å². The lowest BCUT2D eigenvalue weighted by atomic mass is 10.0. The van der Waals surface area contributed by atoms with Crippen LogP contribution < -0.4 is 20.7 Å². The van der Waals surface area contributed by atoms with E-state index in [4.69, 9.17) is 26.8 Å². The number of carbonyl (C=O) groups excluding carboxylic acids is 1. The third-order valence-electron chi connectivity index (χ3n) is 6.19. The predicted octanol–water partition coefficient (Wildman–Crippen LogP) is 2.33. The average Bonchev–Trinajstić information content (AvgIpc) is 2.88. The van der Waals surface area contributed by atoms with Crippen LogP contribution in [0, 0.1) is 11.3 Å². The summed E-state index contributed by atoms with van der Waals surface area (Å²) in [7, 11) is 5.07. The van der Waals surface area contributed by atoms with Crippen molar-refractivity contribution in [2.75, 3.05) is 58.1 Å². The smallest absolute Gasteiger partial charge is 0.255 e. The summed E-state index contributed by atoms with van der Waals surface area (Å²) in [4.78, 5) is 25.6. The standard InChI is InChI=1S/C24H32ClN7O3/c1-31(23-20(14-26)28-7-8-29-23)9-4-5-10-32-11-6-19(22(15-32)35-3)30-24(33)16-12-17(25)18(27)13-21(16)34-2/h7-8,12-13,19,22H,4-6,9-11,15,27H2,1-3H3,(H,30,33)/t19-,22+/m1/s1. The van der Waals surface area contributed by atoms with Crippen molar-refractivity contribution in [2.24, 2.45) is 0 Å². The van der Waals surface area contributed by atoms with Gasteiger partial charge in [0.25, 0.3) is 5.91 Å². The molecule has 2 heterocycles. The fraction of sp³-hybridized carbons (Fsp3) is 0.500. The highest BCUT2D eigenvalue weighted by molar-refractivity contribution is 6.33. The van der Waals surface area contributed by atoms with Crippen LogP contribution >= 0.6 is 11.6 Å². The molecule has 0 bridgehead atoms. The molecule has 0 aliphatic carbocycles. The van der Waals surface area contributed by atoms with Gasteiger partial charge < -0.3 is 30.3 Å². The molecule has 1 aromatic carbocycles. The molecule has 10 nitrogen and oxygen atoms in total. The second-order valence-corrected chi connectivity index (χ2v) is 8.89. The zero-order chi connectivity index (χ0) is 25.4. The van der Waals surface area contributed by atoms with Crippen LogP contribution in [-0.2, 0) is 4.74 Å². The zero-order valence-corrected chi connectivity index (χ0v) is 21.1. The van der Waals surface area contributed by atoms with E-state index in [0.717, 1.165) is 45.4 Å². The molecule has 1 aromatic heterocycles. The molecule has 0 spiro atoms. The third kappa shape index (κ3) is 6.72. The van der Waals surface area contributed by atoms with Crippen LogP contribution in [0.4, 0.5) is 11.5 Å². The van der Waals surface area contributed by atoms with E-state index in [1.54, 1.807) is 19.4 Å². The van der Waals surface area contributed by atoms with Gasteiger partial charge in [-0.1, -0.05) is 11.6 Å². The Morgan fingerprint density at radius 3 is 2.83 bits per heavy atom. The Morgan fingerprint density at radius 1 is 1.34 bits per heavy atom. The second kappa shape index (κ2) is 12.5. The minimum Gasteiger partial charge on any atom is -0.496 e. The van der Waals surface area contributed by atoms with Gasteiger partial charge in [0, 0.05) is 52.3 Å². The molecule has 1 aliphatic rings. The highest BCUT2D eigenvalue weighted by atomic mass is 35.5. The maximum atomic E-state index is 12.9. The number of nitrogen functional groups attached to an aromatic ring is 1. The van der Waals surface area contributed by atoms with Crippen molar-refractivity contribution >= 4 is 29.0 Å². The summed E-state index contributed by atoms with van der Waals surface area (Å²) in [5, 5.41) is 12.6. The molecule has 0 unspecified atom stereocenters. The number of methoxy groups -OCH3 is 2. The predicted molar refractivity (Wildman–Crippen MR) is 135 cm³/mol. The first-order valence-electron chi connectivity index (χ1n) is 11.5. The number of unbranched alkanes of at least 4 members (excludes halogenated alkanes) is 1. The van der Waals surface area contributed by atoms with Crippen molar-refractivity contribution in [1.82, 2.24) is 20.2 Å². The molecule has 1 fully saturated rings. The number of nitrogens with two attached hydrogens (primary N) is 1. The summed E-state index contributed by atoms with van der Waals surface area (Å²) < 4.78 is 11.0. The number of anilines is 2. The molecule has 1 saturated heterocycles. The maximum absolute atomic E-state index is 12.9. The van der Waals surface area contributed by atoms with Crippen LogP contribution in [0.15, 0.2) is 24.5 Å². The summed E-state index contributed by atoms with van der Waals surface area (Å²) in [5.74, 6) is 0.710. The van der Waals surface area contributed by atoms with Crippen molar-refractivity contribution in [3.8, 4) is 11.8 Å². The lowest BCUT2D eigenvalue weighted by Crippen LogP contribution is -2.54. The van der Waals surface area contributed by atoms with Crippen LogP contribution in [0.1, 0.15) is 35.3 Å². The highest BCUT2D eigenvalue weighted by Gasteiger charge is 2.31. The first-order chi connectivity index (χ1) is 16.9. The molecule has 0 radical (unpaired) electrons. The zero-order valence-electron chi connectivity index (χ0n) is 20.3. The number of rotatable bonds is 10. The fourth-order valence-electron chi connectivity index (χ4n) is 4.23. The van der Waals surface area contributed by atoms with Gasteiger partial charge in [-0.25, -0.2) is 9.97 Å². The van der Waals surface area contributed by atoms with E-state index in [-0.39, 0.29) is 18.1 Å². The fourth-order valence-corrected chi connectivity index (χ4v) is 4.39. The molecule has 1 aliphatic heterocycles. The molecule has 11 heteroatoms. The van der Waals surface area contributed by atoms with Gasteiger partial charge >= 0.3 is 0 Å². The number of likely N-dealkylation sites (tertiary alicyclic amines) is 1. The number of amides is 1. The van der Waals surface area contributed by atoms with Crippen molar-refractivity contribution in [2.45, 2.75) is 31.4 Å². The number of nitriles is 1. The first kappa shape index (κ1) is 26.5. The van der Waals surface area contributed by atoms with Crippen LogP contribution in [-0.4, -0.2) is 80.4 Å². The van der Waals surface area contributed by atoms with Gasteiger partial charge in [0.1, 0.15) is 11.8 Å². The number of carbonyl (C=O) groups is 1. The Kier molecular flexibility index (Phi) is 9.48. The average molecular weight is 502 g/mol. The van der Waals surface area contributed by atoms with Gasteiger partial charge in [-0.2, -0.15) is 5.26 Å². The summed E-state index contributed by atoms with van der Waals surface area (Å²) >= 11 is 6.12. The van der Waals surface area contributed by atoms with Gasteiger partial charge in [0.15, 0.2) is 11.5 Å². The number of piperidine rings is 1. The van der Waals surface area contributed by atoms with E-state index in [0.29, 0.717) is 33.5 Å². The Bertz CT molecular complexity index is 1060. The topological polar surface area (TPSA) is 130 Å². The SMILES string of the molecule is COc1cc(N)c(Cl)cc1C(=O)N[C@@H]1CCN(CCCCN(C)c2nccnc2C#N)C[C@@H]1OC. The monoisotopic (exact) mass is 501 g/mol. The lowest BCUT2D eigenvalue weighted by Gasteiger charge is -2.38. The molecule has 3 rings (SSSR count). The largest absolute Gasteiger partial charge is 0.496 e. The second-order valence-electron chi connectivity index (χ2n) is 8.49. The Morgan fingerprint density at radius 2 is 2.11 bits per heavy atom. The first-order valence-corrected chi connectivity index (χ1v) is 11.9. The normalized spacial score (nSPS) is 18.0. The van der Waals surface area contributed by atoms with Gasteiger partial charge in [-0.15, -0.1) is 0 Å². The van der Waals surface area contributed by atoms with E-state index < -0.39 is 0 Å². The molecular weight excluding hydrogens is 470 g/mol. The van der Waals surface area contributed by atoms with E-state index in [1.807, 2.05) is 11.9 Å². The van der Waals surface area contributed by atoms with E-state index in [1.165, 1.54) is 19.4 Å². The number of benzene rings is 1. The Balaban J connectivity index is 1.48. The number of nitrogens with zero attached hydrogens (tertiary/aromatic N) is 5. The van der Waals surface area contributed by atoms with Crippen molar-refractivity contribution in [3.05, 3.63) is 40.8 Å². The van der Waals surface area contributed by atoms with Crippen molar-refractivity contribution in [1.29, 1.82) is 5.26 Å². The molecule has 3 N–H and O–H groups in total. The van der Waals surface area contributed by atoms with Gasteiger partial charge in [0.2, 0.25) is 0 Å². The van der Waals surface area contributed by atoms with Crippen molar-refractivity contribution in [3.63, 3.8) is 0 Å². The number of hydrogen-bond acceptors (Lipinski definition) is 9. The summed E-state index contributed by atoms with van der Waals surface area (Å²) in [6, 6.07) is 5.03. The minimum absolute atomic E-state index is 0.128. The van der Waals surface area contributed by atoms with Crippen LogP contribution in [0.3, 0.4) is 0 Å². The highest BCUT2D eigenvalue weighted by Crippen LogP contribution is 2.29. The lowest BCUT2D eigenvalue weighted by molar-refractivity contribution is 0.00604. The van der Waals surface area contributed by atoms with Gasteiger partial charge in [0.05, 0.1) is 35.5 Å². The summed E-state index contributed by atoms with van der Waals surface area (Å²) in [5.41, 5.74) is 6.86. The third-order valence-corrected chi connectivity index (χ3v) is 6.52. The molecule has 0 saturated carbocycles. The van der Waals surface area contributed by atoms with E-state index in [9.17, 15) is 10.1 Å². The van der Waals surface area contributed by atoms with E-state index in [2.05, 4.69) is 26.3 Å². The quantitative estimate of drug-likeness (QED) is 0.372. The Hall–Kier alpha value is -3.13. The molecule has 188 valence electrons. The number of hydrogen-bond donors (Lipinski definition) is 2. The van der Waals surface area contributed by atoms with Gasteiger partial charge in [-0.05, 0) is 31.9 Å². The van der Waals surface area contributed by atoms with E-state index >= 15 is 0 Å². The summed E-state index contributed by atoms with van der Waals surface area (Å²) in [6.45, 7) is 3.27. The maximum Gasteiger partial charge on any atom is 0.255 e. The molecule has 1 amide bonds. The van der Waals surface area contributed by atoms with Gasteiger partial charge in [-0.3, -0.25) is 4.79 Å². The number of halogens is 1.